The number of ether oxygens (including phenoxy) is 1. The maximum absolute atomic E-state index is 11.0. The van der Waals surface area contributed by atoms with Crippen LogP contribution in [0.2, 0.25) is 0 Å². The van der Waals surface area contributed by atoms with E-state index in [-0.39, 0.29) is 5.97 Å². The third-order valence-electron chi connectivity index (χ3n) is 1.84. The van der Waals surface area contributed by atoms with Crippen molar-refractivity contribution in [3.63, 3.8) is 0 Å². The number of hydrogen-bond donors (Lipinski definition) is 0. The van der Waals surface area contributed by atoms with Gasteiger partial charge in [-0.1, -0.05) is 24.6 Å². The number of carbonyl (C=O) groups is 1. The van der Waals surface area contributed by atoms with Crippen molar-refractivity contribution in [3.8, 4) is 5.75 Å². The first kappa shape index (κ1) is 9.78. The molecule has 1 aromatic carbocycles. The molecule has 70 valence electrons. The highest BCUT2D eigenvalue weighted by molar-refractivity contribution is 5.72. The zero-order valence-electron chi connectivity index (χ0n) is 8.26. The molecular weight excluding hydrogens is 164 g/mol. The lowest BCUT2D eigenvalue weighted by Gasteiger charge is -2.06. The van der Waals surface area contributed by atoms with Gasteiger partial charge in [0.05, 0.1) is 0 Å². The van der Waals surface area contributed by atoms with E-state index in [4.69, 9.17) is 4.74 Å². The summed E-state index contributed by atoms with van der Waals surface area (Å²) in [5.74, 6) is 0.476. The van der Waals surface area contributed by atoms with E-state index in [1.807, 2.05) is 32.0 Å². The van der Waals surface area contributed by atoms with E-state index in [1.54, 1.807) is 6.92 Å². The summed E-state index contributed by atoms with van der Waals surface area (Å²) < 4.78 is 5.11. The number of esters is 1. The van der Waals surface area contributed by atoms with Crippen LogP contribution in [0.4, 0.5) is 0 Å². The molecule has 0 aromatic heterocycles. The Morgan fingerprint density at radius 3 is 2.62 bits per heavy atom. The van der Waals surface area contributed by atoms with Crippen LogP contribution in [0.15, 0.2) is 18.2 Å². The quantitative estimate of drug-likeness (QED) is 0.514. The van der Waals surface area contributed by atoms with Crippen LogP contribution in [-0.2, 0) is 4.79 Å². The lowest BCUT2D eigenvalue weighted by atomic mass is 10.1. The summed E-state index contributed by atoms with van der Waals surface area (Å²) >= 11 is 0. The predicted octanol–water partition coefficient (Wildman–Crippen LogP) is 2.62. The Kier molecular flexibility index (Phi) is 3.07. The highest BCUT2D eigenvalue weighted by Crippen LogP contribution is 2.18. The molecule has 0 atom stereocenters. The van der Waals surface area contributed by atoms with Gasteiger partial charge in [0, 0.05) is 6.42 Å². The molecule has 0 saturated carbocycles. The van der Waals surface area contributed by atoms with Crippen LogP contribution >= 0.6 is 0 Å². The molecule has 0 saturated heterocycles. The fourth-order valence-electron chi connectivity index (χ4n) is 1.11. The van der Waals surface area contributed by atoms with Gasteiger partial charge in [0.25, 0.3) is 0 Å². The molecule has 2 heteroatoms. The Labute approximate surface area is 78.5 Å². The first-order chi connectivity index (χ1) is 6.13. The van der Waals surface area contributed by atoms with Crippen molar-refractivity contribution in [2.24, 2.45) is 0 Å². The van der Waals surface area contributed by atoms with Gasteiger partial charge in [0.1, 0.15) is 5.75 Å². The van der Waals surface area contributed by atoms with Gasteiger partial charge < -0.3 is 4.74 Å². The normalized spacial score (nSPS) is 9.77. The van der Waals surface area contributed by atoms with E-state index in [9.17, 15) is 4.79 Å². The van der Waals surface area contributed by atoms with Gasteiger partial charge in [-0.15, -0.1) is 0 Å². The molecule has 0 aliphatic carbocycles. The Balaban J connectivity index is 2.83. The van der Waals surface area contributed by atoms with Crippen molar-refractivity contribution in [1.29, 1.82) is 0 Å². The van der Waals surface area contributed by atoms with Gasteiger partial charge in [0.2, 0.25) is 0 Å². The molecule has 2 nitrogen and oxygen atoms in total. The average Bonchev–Trinajstić information content (AvgIpc) is 2.09. The zero-order chi connectivity index (χ0) is 9.84. The van der Waals surface area contributed by atoms with Crippen molar-refractivity contribution in [3.05, 3.63) is 29.3 Å². The number of benzene rings is 1. The first-order valence-corrected chi connectivity index (χ1v) is 4.41. The summed E-state index contributed by atoms with van der Waals surface area (Å²) in [7, 11) is 0. The van der Waals surface area contributed by atoms with Crippen LogP contribution in [0.5, 0.6) is 5.75 Å². The molecule has 13 heavy (non-hydrogen) atoms. The first-order valence-electron chi connectivity index (χ1n) is 4.41. The second-order valence-electron chi connectivity index (χ2n) is 3.10. The highest BCUT2D eigenvalue weighted by Gasteiger charge is 2.03. The molecule has 0 fully saturated rings. The van der Waals surface area contributed by atoms with Crippen molar-refractivity contribution in [1.82, 2.24) is 0 Å². The monoisotopic (exact) mass is 178 g/mol. The Bertz CT molecular complexity index is 316. The molecular formula is C11H14O2. The fourth-order valence-corrected chi connectivity index (χ4v) is 1.11. The molecule has 0 unspecified atom stereocenters. The van der Waals surface area contributed by atoms with Crippen LogP contribution in [0, 0.1) is 13.8 Å². The fraction of sp³-hybridized carbons (Fsp3) is 0.364. The lowest BCUT2D eigenvalue weighted by molar-refractivity contribution is -0.134. The SMILES string of the molecule is CCC(=O)Oc1ccc(C)cc1C. The van der Waals surface area contributed by atoms with Crippen LogP contribution in [0.25, 0.3) is 0 Å². The Morgan fingerprint density at radius 1 is 1.38 bits per heavy atom. The smallest absolute Gasteiger partial charge is 0.310 e. The molecule has 1 rings (SSSR count). The second kappa shape index (κ2) is 4.08. The summed E-state index contributed by atoms with van der Waals surface area (Å²) in [6, 6.07) is 5.77. The van der Waals surface area contributed by atoms with Crippen molar-refractivity contribution < 1.29 is 9.53 Å². The molecule has 0 spiro atoms. The van der Waals surface area contributed by atoms with Crippen molar-refractivity contribution in [2.75, 3.05) is 0 Å². The number of hydrogen-bond acceptors (Lipinski definition) is 2. The summed E-state index contributed by atoms with van der Waals surface area (Å²) in [5.41, 5.74) is 2.18. The van der Waals surface area contributed by atoms with Crippen molar-refractivity contribution in [2.45, 2.75) is 27.2 Å². The van der Waals surface area contributed by atoms with Gasteiger partial charge in [-0.05, 0) is 25.5 Å². The third-order valence-corrected chi connectivity index (χ3v) is 1.84. The van der Waals surface area contributed by atoms with Gasteiger partial charge >= 0.3 is 5.97 Å². The molecule has 0 aliphatic heterocycles. The Hall–Kier alpha value is -1.31. The van der Waals surface area contributed by atoms with E-state index in [0.29, 0.717) is 12.2 Å². The maximum atomic E-state index is 11.0. The van der Waals surface area contributed by atoms with Gasteiger partial charge in [-0.25, -0.2) is 0 Å². The summed E-state index contributed by atoms with van der Waals surface area (Å²) in [6.07, 6.45) is 0.410. The topological polar surface area (TPSA) is 26.3 Å². The van der Waals surface area contributed by atoms with E-state index in [2.05, 4.69) is 0 Å². The highest BCUT2D eigenvalue weighted by atomic mass is 16.5. The summed E-state index contributed by atoms with van der Waals surface area (Å²) in [5, 5.41) is 0. The van der Waals surface area contributed by atoms with Gasteiger partial charge in [0.15, 0.2) is 0 Å². The summed E-state index contributed by atoms with van der Waals surface area (Å²) in [6.45, 7) is 5.73. The predicted molar refractivity (Wildman–Crippen MR) is 51.8 cm³/mol. The average molecular weight is 178 g/mol. The molecule has 0 aliphatic rings. The third kappa shape index (κ3) is 2.58. The van der Waals surface area contributed by atoms with E-state index < -0.39 is 0 Å². The minimum Gasteiger partial charge on any atom is -0.426 e. The summed E-state index contributed by atoms with van der Waals surface area (Å²) in [4.78, 5) is 11.0. The maximum Gasteiger partial charge on any atom is 0.310 e. The zero-order valence-corrected chi connectivity index (χ0v) is 8.26. The van der Waals surface area contributed by atoms with Gasteiger partial charge in [-0.2, -0.15) is 0 Å². The Morgan fingerprint density at radius 2 is 2.08 bits per heavy atom. The number of aryl methyl sites for hydroxylation is 2. The molecule has 0 radical (unpaired) electrons. The molecule has 1 aromatic rings. The number of rotatable bonds is 2. The van der Waals surface area contributed by atoms with Crippen LogP contribution in [-0.4, -0.2) is 5.97 Å². The second-order valence-corrected chi connectivity index (χ2v) is 3.10. The molecule has 0 amide bonds. The lowest BCUT2D eigenvalue weighted by Crippen LogP contribution is -2.06. The molecule has 0 heterocycles. The van der Waals surface area contributed by atoms with E-state index >= 15 is 0 Å². The number of carbonyl (C=O) groups excluding carboxylic acids is 1. The van der Waals surface area contributed by atoms with E-state index in [0.717, 1.165) is 5.56 Å². The minimum atomic E-state index is -0.188. The van der Waals surface area contributed by atoms with Crippen LogP contribution < -0.4 is 4.74 Å². The van der Waals surface area contributed by atoms with Crippen LogP contribution in [0.1, 0.15) is 24.5 Å². The largest absolute Gasteiger partial charge is 0.426 e. The molecule has 0 N–H and O–H groups in total. The standard InChI is InChI=1S/C11H14O2/c1-4-11(12)13-10-6-5-8(2)7-9(10)3/h5-7H,4H2,1-3H3. The van der Waals surface area contributed by atoms with E-state index in [1.165, 1.54) is 5.56 Å². The van der Waals surface area contributed by atoms with Gasteiger partial charge in [-0.3, -0.25) is 4.79 Å². The molecule has 0 bridgehead atoms. The van der Waals surface area contributed by atoms with Crippen LogP contribution in [0.3, 0.4) is 0 Å². The van der Waals surface area contributed by atoms with Crippen molar-refractivity contribution >= 4 is 5.97 Å². The minimum absolute atomic E-state index is 0.188.